The summed E-state index contributed by atoms with van der Waals surface area (Å²) in [5.74, 6) is -1.24. The van der Waals surface area contributed by atoms with Crippen LogP contribution in [0.2, 0.25) is 5.02 Å². The number of non-ortho nitro benzene ring substituents is 1. The van der Waals surface area contributed by atoms with Gasteiger partial charge in [0.15, 0.2) is 0 Å². The number of nitrogens with zero attached hydrogens (tertiary/aromatic N) is 2. The number of amides is 1. The van der Waals surface area contributed by atoms with Crippen LogP contribution in [-0.4, -0.2) is 23.4 Å². The number of carbonyl (C=O) groups excluding carboxylic acids is 2. The first-order chi connectivity index (χ1) is 12.3. The summed E-state index contributed by atoms with van der Waals surface area (Å²) in [5.41, 5.74) is 0.302. The normalized spacial score (nSPS) is 10.1. The van der Waals surface area contributed by atoms with Crippen LogP contribution in [0.3, 0.4) is 0 Å². The molecule has 134 valence electrons. The van der Waals surface area contributed by atoms with E-state index in [-0.39, 0.29) is 38.3 Å². The van der Waals surface area contributed by atoms with Gasteiger partial charge in [0.2, 0.25) is 0 Å². The van der Waals surface area contributed by atoms with Gasteiger partial charge < -0.3 is 10.1 Å². The van der Waals surface area contributed by atoms with Gasteiger partial charge in [-0.05, 0) is 25.5 Å². The molecule has 1 heterocycles. The van der Waals surface area contributed by atoms with E-state index in [1.807, 2.05) is 6.07 Å². The van der Waals surface area contributed by atoms with Crippen molar-refractivity contribution in [1.82, 2.24) is 0 Å². The van der Waals surface area contributed by atoms with Crippen LogP contribution in [0.25, 0.3) is 0 Å². The molecule has 10 heteroatoms. The van der Waals surface area contributed by atoms with Crippen molar-refractivity contribution in [3.63, 3.8) is 0 Å². The third kappa shape index (κ3) is 3.82. The Labute approximate surface area is 157 Å². The number of rotatable bonds is 5. The van der Waals surface area contributed by atoms with Crippen molar-refractivity contribution in [3.8, 4) is 6.07 Å². The number of ether oxygens (including phenoxy) is 1. The topological polar surface area (TPSA) is 122 Å². The van der Waals surface area contributed by atoms with Gasteiger partial charge in [-0.15, -0.1) is 11.3 Å². The molecule has 0 aliphatic rings. The molecule has 0 aliphatic carbocycles. The zero-order valence-corrected chi connectivity index (χ0v) is 15.2. The van der Waals surface area contributed by atoms with E-state index in [9.17, 15) is 25.0 Å². The molecule has 1 aromatic carbocycles. The average Bonchev–Trinajstić information content (AvgIpc) is 2.90. The molecule has 1 amide bonds. The van der Waals surface area contributed by atoms with Crippen molar-refractivity contribution in [1.29, 1.82) is 5.26 Å². The van der Waals surface area contributed by atoms with Gasteiger partial charge in [0.25, 0.3) is 11.6 Å². The van der Waals surface area contributed by atoms with E-state index in [1.165, 1.54) is 6.07 Å². The molecule has 1 N–H and O–H groups in total. The third-order valence-electron chi connectivity index (χ3n) is 3.35. The minimum absolute atomic E-state index is 0.00453. The standard InChI is InChI=1S/C16H12ClN3O5S/c1-3-25-16(22)13-8(2)11(7-18)15(26-13)19-14(21)10-5-4-9(20(23)24)6-12(10)17/h4-6H,3H2,1-2H3,(H,19,21). The second kappa shape index (κ2) is 7.95. The van der Waals surface area contributed by atoms with Gasteiger partial charge in [-0.25, -0.2) is 4.79 Å². The van der Waals surface area contributed by atoms with Gasteiger partial charge >= 0.3 is 5.97 Å². The molecular formula is C16H12ClN3O5S. The summed E-state index contributed by atoms with van der Waals surface area (Å²) in [5, 5.41) is 22.6. The van der Waals surface area contributed by atoms with Crippen LogP contribution in [0.5, 0.6) is 0 Å². The van der Waals surface area contributed by atoms with Crippen molar-refractivity contribution in [2.45, 2.75) is 13.8 Å². The average molecular weight is 394 g/mol. The fourth-order valence-electron chi connectivity index (χ4n) is 2.10. The minimum atomic E-state index is -0.655. The maximum absolute atomic E-state index is 12.4. The van der Waals surface area contributed by atoms with Crippen LogP contribution < -0.4 is 5.32 Å². The highest BCUT2D eigenvalue weighted by atomic mass is 35.5. The number of thiophene rings is 1. The lowest BCUT2D eigenvalue weighted by atomic mass is 10.1. The van der Waals surface area contributed by atoms with Gasteiger partial charge in [0.1, 0.15) is 15.9 Å². The van der Waals surface area contributed by atoms with Crippen molar-refractivity contribution in [2.75, 3.05) is 11.9 Å². The molecule has 0 bridgehead atoms. The molecular weight excluding hydrogens is 382 g/mol. The highest BCUT2D eigenvalue weighted by molar-refractivity contribution is 7.18. The number of hydrogen-bond donors (Lipinski definition) is 1. The molecule has 1 aromatic heterocycles. The Morgan fingerprint density at radius 2 is 2.15 bits per heavy atom. The third-order valence-corrected chi connectivity index (χ3v) is 4.85. The van der Waals surface area contributed by atoms with E-state index in [0.717, 1.165) is 23.5 Å². The number of carbonyl (C=O) groups is 2. The maximum atomic E-state index is 12.4. The monoisotopic (exact) mass is 393 g/mol. The highest BCUT2D eigenvalue weighted by Crippen LogP contribution is 2.34. The summed E-state index contributed by atoms with van der Waals surface area (Å²) in [4.78, 5) is 34.7. The SMILES string of the molecule is CCOC(=O)c1sc(NC(=O)c2ccc([N+](=O)[O-])cc2Cl)c(C#N)c1C. The molecule has 0 atom stereocenters. The summed E-state index contributed by atoms with van der Waals surface area (Å²) < 4.78 is 4.93. The lowest BCUT2D eigenvalue weighted by Gasteiger charge is -2.05. The Morgan fingerprint density at radius 3 is 2.69 bits per heavy atom. The molecule has 2 aromatic rings. The van der Waals surface area contributed by atoms with Gasteiger partial charge in [-0.3, -0.25) is 14.9 Å². The number of hydrogen-bond acceptors (Lipinski definition) is 7. The van der Waals surface area contributed by atoms with Gasteiger partial charge in [0.05, 0.1) is 27.7 Å². The van der Waals surface area contributed by atoms with E-state index in [1.54, 1.807) is 13.8 Å². The van der Waals surface area contributed by atoms with Crippen LogP contribution in [0.1, 0.15) is 38.1 Å². The lowest BCUT2D eigenvalue weighted by Crippen LogP contribution is -2.12. The summed E-state index contributed by atoms with van der Waals surface area (Å²) in [7, 11) is 0. The number of nitro groups is 1. The van der Waals surface area contributed by atoms with Crippen LogP contribution >= 0.6 is 22.9 Å². The predicted molar refractivity (Wildman–Crippen MR) is 95.8 cm³/mol. The Morgan fingerprint density at radius 1 is 1.46 bits per heavy atom. The first-order valence-corrected chi connectivity index (χ1v) is 8.45. The number of nitro benzene ring substituents is 1. The Bertz CT molecular complexity index is 948. The number of esters is 1. The predicted octanol–water partition coefficient (Wildman–Crippen LogP) is 3.92. The van der Waals surface area contributed by atoms with Crippen molar-refractivity contribution in [2.24, 2.45) is 0 Å². The second-order valence-corrected chi connectivity index (χ2v) is 6.40. The largest absolute Gasteiger partial charge is 0.462 e. The van der Waals surface area contributed by atoms with E-state index in [0.29, 0.717) is 5.56 Å². The quantitative estimate of drug-likeness (QED) is 0.466. The minimum Gasteiger partial charge on any atom is -0.462 e. The Hall–Kier alpha value is -2.96. The zero-order chi connectivity index (χ0) is 19.4. The fourth-order valence-corrected chi connectivity index (χ4v) is 3.41. The molecule has 0 saturated heterocycles. The number of anilines is 1. The second-order valence-electron chi connectivity index (χ2n) is 4.97. The molecule has 2 rings (SSSR count). The van der Waals surface area contributed by atoms with Crippen molar-refractivity contribution < 1.29 is 19.2 Å². The number of benzene rings is 1. The zero-order valence-electron chi connectivity index (χ0n) is 13.7. The fraction of sp³-hybridized carbons (Fsp3) is 0.188. The number of halogens is 1. The Balaban J connectivity index is 2.35. The molecule has 26 heavy (non-hydrogen) atoms. The van der Waals surface area contributed by atoms with E-state index >= 15 is 0 Å². The van der Waals surface area contributed by atoms with Gasteiger partial charge in [0, 0.05) is 12.1 Å². The summed E-state index contributed by atoms with van der Waals surface area (Å²) in [6.07, 6.45) is 0. The van der Waals surface area contributed by atoms with Gasteiger partial charge in [-0.1, -0.05) is 11.6 Å². The summed E-state index contributed by atoms with van der Waals surface area (Å²) in [6.45, 7) is 3.42. The van der Waals surface area contributed by atoms with Crippen LogP contribution in [0, 0.1) is 28.4 Å². The molecule has 0 unspecified atom stereocenters. The molecule has 0 aliphatic heterocycles. The molecule has 0 spiro atoms. The summed E-state index contributed by atoms with van der Waals surface area (Å²) in [6, 6.07) is 5.37. The first kappa shape index (κ1) is 19.4. The summed E-state index contributed by atoms with van der Waals surface area (Å²) >= 11 is 6.85. The van der Waals surface area contributed by atoms with Crippen LogP contribution in [0.4, 0.5) is 10.7 Å². The maximum Gasteiger partial charge on any atom is 0.348 e. The molecule has 8 nitrogen and oxygen atoms in total. The van der Waals surface area contributed by atoms with Gasteiger partial charge in [-0.2, -0.15) is 5.26 Å². The lowest BCUT2D eigenvalue weighted by molar-refractivity contribution is -0.384. The van der Waals surface area contributed by atoms with Crippen LogP contribution in [0.15, 0.2) is 18.2 Å². The molecule has 0 radical (unpaired) electrons. The van der Waals surface area contributed by atoms with Crippen molar-refractivity contribution >= 4 is 45.5 Å². The van der Waals surface area contributed by atoms with E-state index in [4.69, 9.17) is 16.3 Å². The van der Waals surface area contributed by atoms with E-state index < -0.39 is 16.8 Å². The first-order valence-electron chi connectivity index (χ1n) is 7.26. The number of nitrogens with one attached hydrogen (secondary N) is 1. The Kier molecular flexibility index (Phi) is 5.92. The molecule has 0 fully saturated rings. The van der Waals surface area contributed by atoms with Crippen molar-refractivity contribution in [3.05, 3.63) is 54.9 Å². The smallest absolute Gasteiger partial charge is 0.348 e. The van der Waals surface area contributed by atoms with E-state index in [2.05, 4.69) is 5.32 Å². The number of nitriles is 1. The molecule has 0 saturated carbocycles. The van der Waals surface area contributed by atoms with Crippen LogP contribution in [-0.2, 0) is 4.74 Å². The highest BCUT2D eigenvalue weighted by Gasteiger charge is 2.23.